The Balaban J connectivity index is 1.86. The molecule has 1 amide bonds. The molecule has 0 saturated carbocycles. The highest BCUT2D eigenvalue weighted by Crippen LogP contribution is 2.21. The van der Waals surface area contributed by atoms with Gasteiger partial charge in [0.2, 0.25) is 15.9 Å². The van der Waals surface area contributed by atoms with Crippen LogP contribution in [0.25, 0.3) is 0 Å². The van der Waals surface area contributed by atoms with Crippen molar-refractivity contribution < 1.29 is 17.9 Å². The van der Waals surface area contributed by atoms with Gasteiger partial charge in [0.05, 0.1) is 24.2 Å². The summed E-state index contributed by atoms with van der Waals surface area (Å²) in [6.07, 6.45) is -0.0619. The van der Waals surface area contributed by atoms with E-state index in [0.717, 1.165) is 5.56 Å². The molecule has 1 aliphatic rings. The van der Waals surface area contributed by atoms with Crippen molar-refractivity contribution >= 4 is 27.5 Å². The summed E-state index contributed by atoms with van der Waals surface area (Å²) in [4.78, 5) is 14.6. The number of sulfonamides is 1. The van der Waals surface area contributed by atoms with Crippen LogP contribution in [0.3, 0.4) is 0 Å². The van der Waals surface area contributed by atoms with E-state index >= 15 is 0 Å². The first-order valence-electron chi connectivity index (χ1n) is 9.05. The van der Waals surface area contributed by atoms with Gasteiger partial charge in [-0.05, 0) is 36.8 Å². The first-order chi connectivity index (χ1) is 13.4. The maximum absolute atomic E-state index is 13.2. The van der Waals surface area contributed by atoms with E-state index in [0.29, 0.717) is 24.7 Å². The summed E-state index contributed by atoms with van der Waals surface area (Å²) in [5.74, 6) is -0.233. The maximum Gasteiger partial charge on any atom is 0.243 e. The Morgan fingerprint density at radius 2 is 1.86 bits per heavy atom. The first kappa shape index (κ1) is 20.8. The normalized spacial score (nSPS) is 17.7. The number of hydrogen-bond donors (Lipinski definition) is 0. The van der Waals surface area contributed by atoms with Gasteiger partial charge >= 0.3 is 0 Å². The van der Waals surface area contributed by atoms with E-state index in [2.05, 4.69) is 0 Å². The number of morpholine rings is 1. The molecule has 0 aliphatic carbocycles. The minimum Gasteiger partial charge on any atom is -0.375 e. The fourth-order valence-corrected chi connectivity index (χ4v) is 4.57. The number of hydrogen-bond acceptors (Lipinski definition) is 4. The summed E-state index contributed by atoms with van der Waals surface area (Å²) >= 11 is 5.89. The Bertz CT molecular complexity index is 904. The predicted octanol–water partition coefficient (Wildman–Crippen LogP) is 2.78. The van der Waals surface area contributed by atoms with Gasteiger partial charge in [-0.1, -0.05) is 41.9 Å². The van der Waals surface area contributed by atoms with Crippen molar-refractivity contribution in [3.8, 4) is 0 Å². The molecule has 150 valence electrons. The highest BCUT2D eigenvalue weighted by Gasteiger charge is 2.30. The minimum absolute atomic E-state index is 0.0619. The van der Waals surface area contributed by atoms with E-state index < -0.39 is 10.0 Å². The highest BCUT2D eigenvalue weighted by molar-refractivity contribution is 7.89. The van der Waals surface area contributed by atoms with Crippen LogP contribution in [-0.2, 0) is 26.1 Å². The molecule has 1 atom stereocenters. The van der Waals surface area contributed by atoms with Gasteiger partial charge in [-0.2, -0.15) is 4.31 Å². The van der Waals surface area contributed by atoms with E-state index in [-0.39, 0.29) is 30.0 Å². The number of carbonyl (C=O) groups is 1. The number of carbonyl (C=O) groups excluding carboxylic acids is 1. The smallest absolute Gasteiger partial charge is 0.243 e. The van der Waals surface area contributed by atoms with Gasteiger partial charge in [-0.3, -0.25) is 4.79 Å². The minimum atomic E-state index is -3.87. The van der Waals surface area contributed by atoms with Crippen LogP contribution in [0.2, 0.25) is 5.02 Å². The first-order valence-corrected chi connectivity index (χ1v) is 10.9. The van der Waals surface area contributed by atoms with Crippen LogP contribution in [0.4, 0.5) is 0 Å². The van der Waals surface area contributed by atoms with Gasteiger partial charge in [0.1, 0.15) is 0 Å². The van der Waals surface area contributed by atoms with E-state index in [4.69, 9.17) is 16.3 Å². The molecule has 0 aromatic heterocycles. The Kier molecular flexibility index (Phi) is 6.72. The third kappa shape index (κ3) is 5.11. The summed E-state index contributed by atoms with van der Waals surface area (Å²) in [5.41, 5.74) is 0.809. The quantitative estimate of drug-likeness (QED) is 0.717. The van der Waals surface area contributed by atoms with E-state index in [9.17, 15) is 13.2 Å². The molecule has 1 fully saturated rings. The van der Waals surface area contributed by atoms with Gasteiger partial charge in [0.25, 0.3) is 0 Å². The summed E-state index contributed by atoms with van der Waals surface area (Å²) in [7, 11) is -3.87. The zero-order valence-corrected chi connectivity index (χ0v) is 17.2. The van der Waals surface area contributed by atoms with Gasteiger partial charge in [-0.15, -0.1) is 0 Å². The molecule has 2 aromatic carbocycles. The monoisotopic (exact) mass is 422 g/mol. The lowest BCUT2D eigenvalue weighted by Gasteiger charge is -2.33. The van der Waals surface area contributed by atoms with Gasteiger partial charge in [0, 0.05) is 24.7 Å². The standard InChI is InChI=1S/C20H23ClN2O4S/c1-16-13-22(11-12-27-16)20(24)15-23(14-17-5-3-2-4-6-17)28(25,26)19-9-7-18(21)8-10-19/h2-10,16H,11-15H2,1H3. The molecule has 0 bridgehead atoms. The summed E-state index contributed by atoms with van der Waals surface area (Å²) in [6, 6.07) is 15.2. The van der Waals surface area contributed by atoms with E-state index in [1.807, 2.05) is 37.3 Å². The van der Waals surface area contributed by atoms with Crippen molar-refractivity contribution in [2.75, 3.05) is 26.2 Å². The van der Waals surface area contributed by atoms with Gasteiger partial charge in [-0.25, -0.2) is 8.42 Å². The summed E-state index contributed by atoms with van der Waals surface area (Å²) in [6.45, 7) is 3.15. The number of ether oxygens (including phenoxy) is 1. The SMILES string of the molecule is CC1CN(C(=O)CN(Cc2ccccc2)S(=O)(=O)c2ccc(Cl)cc2)CCO1. The van der Waals surface area contributed by atoms with Crippen LogP contribution in [0, 0.1) is 0 Å². The Labute approximate surface area is 170 Å². The molecule has 28 heavy (non-hydrogen) atoms. The Morgan fingerprint density at radius 1 is 1.18 bits per heavy atom. The maximum atomic E-state index is 13.2. The number of benzene rings is 2. The molecule has 6 nitrogen and oxygen atoms in total. The largest absolute Gasteiger partial charge is 0.375 e. The lowest BCUT2D eigenvalue weighted by Crippen LogP contribution is -2.49. The topological polar surface area (TPSA) is 66.9 Å². The molecule has 1 unspecified atom stereocenters. The average Bonchev–Trinajstić information content (AvgIpc) is 2.68. The van der Waals surface area contributed by atoms with E-state index in [1.54, 1.807) is 4.90 Å². The molecule has 1 heterocycles. The average molecular weight is 423 g/mol. The molecular weight excluding hydrogens is 400 g/mol. The molecule has 2 aromatic rings. The summed E-state index contributed by atoms with van der Waals surface area (Å²) in [5, 5.41) is 0.451. The van der Waals surface area contributed by atoms with Crippen molar-refractivity contribution in [3.63, 3.8) is 0 Å². The van der Waals surface area contributed by atoms with Crippen LogP contribution in [0.1, 0.15) is 12.5 Å². The molecule has 1 aliphatic heterocycles. The lowest BCUT2D eigenvalue weighted by atomic mass is 10.2. The molecule has 0 radical (unpaired) electrons. The summed E-state index contributed by atoms with van der Waals surface area (Å²) < 4.78 is 33.1. The van der Waals surface area contributed by atoms with Crippen molar-refractivity contribution in [2.45, 2.75) is 24.5 Å². The third-order valence-corrected chi connectivity index (χ3v) is 6.62. The van der Waals surface area contributed by atoms with Crippen molar-refractivity contribution in [2.24, 2.45) is 0 Å². The van der Waals surface area contributed by atoms with Gasteiger partial charge in [0.15, 0.2) is 0 Å². The van der Waals surface area contributed by atoms with Crippen LogP contribution in [0.15, 0.2) is 59.5 Å². The number of nitrogens with zero attached hydrogens (tertiary/aromatic N) is 2. The third-order valence-electron chi connectivity index (χ3n) is 4.56. The highest BCUT2D eigenvalue weighted by atomic mass is 35.5. The molecule has 8 heteroatoms. The number of amides is 1. The van der Waals surface area contributed by atoms with Crippen LogP contribution in [-0.4, -0.2) is 55.9 Å². The van der Waals surface area contributed by atoms with Crippen molar-refractivity contribution in [3.05, 3.63) is 65.2 Å². The fraction of sp³-hybridized carbons (Fsp3) is 0.350. The second kappa shape index (κ2) is 9.05. The Morgan fingerprint density at radius 3 is 2.50 bits per heavy atom. The Hall–Kier alpha value is -1.93. The molecule has 0 N–H and O–H groups in total. The lowest BCUT2D eigenvalue weighted by molar-refractivity contribution is -0.138. The second-order valence-corrected chi connectivity index (χ2v) is 9.11. The fourth-order valence-electron chi connectivity index (χ4n) is 3.06. The van der Waals surface area contributed by atoms with Gasteiger partial charge < -0.3 is 9.64 Å². The molecule has 0 spiro atoms. The number of halogens is 1. The molecule has 3 rings (SSSR count). The zero-order valence-electron chi connectivity index (χ0n) is 15.6. The predicted molar refractivity (Wildman–Crippen MR) is 107 cm³/mol. The van der Waals surface area contributed by atoms with Crippen LogP contribution < -0.4 is 0 Å². The number of rotatable bonds is 6. The molecular formula is C20H23ClN2O4S. The van der Waals surface area contributed by atoms with Crippen molar-refractivity contribution in [1.29, 1.82) is 0 Å². The van der Waals surface area contributed by atoms with Crippen LogP contribution in [0.5, 0.6) is 0 Å². The van der Waals surface area contributed by atoms with E-state index in [1.165, 1.54) is 28.6 Å². The second-order valence-electron chi connectivity index (χ2n) is 6.73. The zero-order chi connectivity index (χ0) is 20.1. The molecule has 1 saturated heterocycles. The van der Waals surface area contributed by atoms with Crippen molar-refractivity contribution in [1.82, 2.24) is 9.21 Å². The van der Waals surface area contributed by atoms with Crippen LogP contribution >= 0.6 is 11.6 Å².